The van der Waals surface area contributed by atoms with Crippen molar-refractivity contribution >= 4 is 39.2 Å². The third-order valence-corrected chi connectivity index (χ3v) is 3.97. The molecule has 0 spiro atoms. The number of carbonyl (C=O) groups is 1. The molecule has 0 radical (unpaired) electrons. The van der Waals surface area contributed by atoms with Crippen molar-refractivity contribution in [2.45, 2.75) is 11.7 Å². The van der Waals surface area contributed by atoms with Gasteiger partial charge >= 0.3 is 10.2 Å². The average Bonchev–Trinajstić information content (AvgIpc) is 2.60. The summed E-state index contributed by atoms with van der Waals surface area (Å²) in [6, 6.07) is 2.85. The number of nitrogens with two attached hydrogens (primary N) is 1. The minimum atomic E-state index is -4.75. The molecule has 1 aliphatic heterocycles. The number of nitrogens with zero attached hydrogens (tertiary/aromatic N) is 2. The van der Waals surface area contributed by atoms with Crippen molar-refractivity contribution in [1.29, 1.82) is 0 Å². The Labute approximate surface area is 108 Å². The van der Waals surface area contributed by atoms with Crippen LogP contribution in [0, 0.1) is 0 Å². The Morgan fingerprint density at radius 2 is 2.17 bits per heavy atom. The number of anilines is 2. The Bertz CT molecular complexity index is 607. The van der Waals surface area contributed by atoms with Gasteiger partial charge in [0, 0.05) is 13.0 Å². The molecule has 1 amide bonds. The van der Waals surface area contributed by atoms with Gasteiger partial charge in [0.1, 0.15) is 16.2 Å². The van der Waals surface area contributed by atoms with Crippen LogP contribution in [0.4, 0.5) is 15.4 Å². The molecule has 2 rings (SSSR count). The van der Waals surface area contributed by atoms with Crippen LogP contribution in [-0.2, 0) is 15.0 Å². The van der Waals surface area contributed by atoms with E-state index >= 15 is 0 Å². The smallest absolute Gasteiger partial charge is 0.307 e. The largest absolute Gasteiger partial charge is 0.382 e. The Morgan fingerprint density at radius 1 is 1.50 bits per heavy atom. The van der Waals surface area contributed by atoms with Gasteiger partial charge in [-0.2, -0.15) is 8.42 Å². The first-order valence-corrected chi connectivity index (χ1v) is 6.77. The Kier molecular flexibility index (Phi) is 3.16. The summed E-state index contributed by atoms with van der Waals surface area (Å²) in [6.45, 7) is -0.273. The summed E-state index contributed by atoms with van der Waals surface area (Å²) in [7, 11) is -4.75. The second-order valence-electron chi connectivity index (χ2n) is 3.84. The molecule has 18 heavy (non-hydrogen) atoms. The van der Waals surface area contributed by atoms with E-state index in [2.05, 4.69) is 4.98 Å². The highest BCUT2D eigenvalue weighted by molar-refractivity contribution is 7.87. The lowest BCUT2D eigenvalue weighted by Crippen LogP contribution is -2.27. The molecule has 98 valence electrons. The lowest BCUT2D eigenvalue weighted by molar-refractivity contribution is -0.117. The van der Waals surface area contributed by atoms with Crippen LogP contribution in [0.1, 0.15) is 6.42 Å². The third kappa shape index (κ3) is 2.39. The maximum Gasteiger partial charge on any atom is 0.307 e. The third-order valence-electron chi connectivity index (χ3n) is 2.65. The van der Waals surface area contributed by atoms with Gasteiger partial charge in [0.25, 0.3) is 0 Å². The number of hydrogen-bond acceptors (Lipinski definition) is 5. The zero-order valence-corrected chi connectivity index (χ0v) is 10.6. The van der Waals surface area contributed by atoms with Crippen molar-refractivity contribution in [2.24, 2.45) is 0 Å². The van der Waals surface area contributed by atoms with Crippen molar-refractivity contribution in [2.75, 3.05) is 17.2 Å². The second-order valence-corrected chi connectivity index (χ2v) is 5.85. The molecule has 0 aromatic carbocycles. The van der Waals surface area contributed by atoms with Crippen molar-refractivity contribution in [3.8, 4) is 0 Å². The second kappa shape index (κ2) is 4.36. The first-order valence-electron chi connectivity index (χ1n) is 4.95. The molecular formula is C9H9ClFN3O3S. The van der Waals surface area contributed by atoms with E-state index in [1.54, 1.807) is 0 Å². The van der Waals surface area contributed by atoms with Crippen molar-refractivity contribution in [3.05, 3.63) is 17.3 Å². The van der Waals surface area contributed by atoms with Crippen LogP contribution in [0.15, 0.2) is 12.1 Å². The summed E-state index contributed by atoms with van der Waals surface area (Å²) in [5.74, 6) is -0.523. The lowest BCUT2D eigenvalue weighted by atomic mass is 10.3. The van der Waals surface area contributed by atoms with Crippen LogP contribution in [-0.4, -0.2) is 31.1 Å². The van der Waals surface area contributed by atoms with Gasteiger partial charge in [-0.25, -0.2) is 4.98 Å². The molecule has 0 bridgehead atoms. The molecule has 9 heteroatoms. The van der Waals surface area contributed by atoms with Gasteiger partial charge in [-0.3, -0.25) is 4.79 Å². The number of hydrogen-bond donors (Lipinski definition) is 1. The van der Waals surface area contributed by atoms with E-state index in [-0.39, 0.29) is 23.2 Å². The normalized spacial score (nSPS) is 20.4. The summed E-state index contributed by atoms with van der Waals surface area (Å²) in [5, 5.41) is -1.21. The number of nitrogen functional groups attached to an aromatic ring is 1. The van der Waals surface area contributed by atoms with Crippen LogP contribution < -0.4 is 10.6 Å². The summed E-state index contributed by atoms with van der Waals surface area (Å²) < 4.78 is 34.4. The van der Waals surface area contributed by atoms with Crippen molar-refractivity contribution < 1.29 is 17.1 Å². The first-order chi connectivity index (χ1) is 8.29. The standard InChI is InChI=1S/C9H9ClFN3O3S/c10-7-2-1-6(9(12)13-7)14-4-5(3-8(14)15)18(11,16)17/h1-2,5H,3-4H2,(H2,12,13). The molecule has 1 atom stereocenters. The summed E-state index contributed by atoms with van der Waals surface area (Å²) in [5.41, 5.74) is 5.82. The molecule has 1 saturated heterocycles. The molecule has 0 saturated carbocycles. The topological polar surface area (TPSA) is 93.4 Å². The summed E-state index contributed by atoms with van der Waals surface area (Å²) in [6.07, 6.45) is -0.402. The van der Waals surface area contributed by atoms with Crippen molar-refractivity contribution in [1.82, 2.24) is 4.98 Å². The molecular weight excluding hydrogens is 285 g/mol. The number of carbonyl (C=O) groups excluding carboxylic acids is 1. The van der Waals surface area contributed by atoms with Crippen molar-refractivity contribution in [3.63, 3.8) is 0 Å². The van der Waals surface area contributed by atoms with Gasteiger partial charge in [0.2, 0.25) is 5.91 Å². The van der Waals surface area contributed by atoms with E-state index in [0.717, 1.165) is 4.90 Å². The fraction of sp³-hybridized carbons (Fsp3) is 0.333. The van der Waals surface area contributed by atoms with E-state index in [1.165, 1.54) is 12.1 Å². The van der Waals surface area contributed by atoms with Crippen LogP contribution in [0.25, 0.3) is 0 Å². The molecule has 1 fully saturated rings. The zero-order chi connectivity index (χ0) is 13.5. The fourth-order valence-corrected chi connectivity index (χ4v) is 2.59. The van der Waals surface area contributed by atoms with Crippen LogP contribution in [0.3, 0.4) is 0 Å². The maximum atomic E-state index is 12.8. The quantitative estimate of drug-likeness (QED) is 0.640. The van der Waals surface area contributed by atoms with Gasteiger partial charge in [0.15, 0.2) is 0 Å². The molecule has 1 unspecified atom stereocenters. The van der Waals surface area contributed by atoms with Gasteiger partial charge in [-0.05, 0) is 12.1 Å². The number of rotatable bonds is 2. The minimum Gasteiger partial charge on any atom is -0.382 e. The highest BCUT2D eigenvalue weighted by atomic mass is 35.5. The number of halogens is 2. The van der Waals surface area contributed by atoms with Crippen LogP contribution >= 0.6 is 11.6 Å². The monoisotopic (exact) mass is 293 g/mol. The predicted octanol–water partition coefficient (Wildman–Crippen LogP) is 0.722. The van der Waals surface area contributed by atoms with Gasteiger partial charge in [0.05, 0.1) is 5.69 Å². The van der Waals surface area contributed by atoms with Gasteiger partial charge in [-0.1, -0.05) is 11.6 Å². The predicted molar refractivity (Wildman–Crippen MR) is 64.4 cm³/mol. The maximum absolute atomic E-state index is 12.8. The SMILES string of the molecule is Nc1nc(Cl)ccc1N1CC(S(=O)(=O)F)CC1=O. The molecule has 1 aromatic rings. The molecule has 1 aromatic heterocycles. The zero-order valence-electron chi connectivity index (χ0n) is 9.01. The Hall–Kier alpha value is -1.41. The Morgan fingerprint density at radius 3 is 2.67 bits per heavy atom. The highest BCUT2D eigenvalue weighted by Gasteiger charge is 2.39. The molecule has 2 heterocycles. The number of pyridine rings is 1. The molecule has 6 nitrogen and oxygen atoms in total. The molecule has 1 aliphatic rings. The van der Waals surface area contributed by atoms with Gasteiger partial charge < -0.3 is 10.6 Å². The lowest BCUT2D eigenvalue weighted by Gasteiger charge is -2.17. The van der Waals surface area contributed by atoms with E-state index < -0.39 is 27.8 Å². The van der Waals surface area contributed by atoms with E-state index in [1.807, 2.05) is 0 Å². The number of amides is 1. The first kappa shape index (κ1) is 13.0. The Balaban J connectivity index is 2.33. The fourth-order valence-electron chi connectivity index (χ4n) is 1.77. The minimum absolute atomic E-state index is 0.00671. The molecule has 2 N–H and O–H groups in total. The van der Waals surface area contributed by atoms with E-state index in [0.29, 0.717) is 0 Å². The van der Waals surface area contributed by atoms with Gasteiger partial charge in [-0.15, -0.1) is 3.89 Å². The number of aromatic nitrogens is 1. The average molecular weight is 294 g/mol. The van der Waals surface area contributed by atoms with Crippen LogP contribution in [0.2, 0.25) is 5.15 Å². The molecule has 0 aliphatic carbocycles. The van der Waals surface area contributed by atoms with E-state index in [4.69, 9.17) is 17.3 Å². The summed E-state index contributed by atoms with van der Waals surface area (Å²) >= 11 is 5.61. The highest BCUT2D eigenvalue weighted by Crippen LogP contribution is 2.29. The van der Waals surface area contributed by atoms with Crippen LogP contribution in [0.5, 0.6) is 0 Å². The van der Waals surface area contributed by atoms with E-state index in [9.17, 15) is 17.1 Å². The summed E-state index contributed by atoms with van der Waals surface area (Å²) in [4.78, 5) is 16.5.